The molecule has 1 aliphatic heterocycles. The maximum absolute atomic E-state index is 13.1. The molecular formula is C22H24N4O5S. The molecule has 0 bridgehead atoms. The van der Waals surface area contributed by atoms with Crippen LogP contribution < -0.4 is 15.5 Å². The smallest absolute Gasteiger partial charge is 0.246 e. The third-order valence-electron chi connectivity index (χ3n) is 5.27. The van der Waals surface area contributed by atoms with Gasteiger partial charge in [-0.05, 0) is 50.1 Å². The molecule has 3 aromatic rings. The first-order valence-electron chi connectivity index (χ1n) is 10.4. The van der Waals surface area contributed by atoms with Crippen molar-refractivity contribution in [2.24, 2.45) is 0 Å². The number of nitrogens with one attached hydrogen (secondary N) is 1. The molecule has 0 atom stereocenters. The molecule has 1 fully saturated rings. The van der Waals surface area contributed by atoms with Crippen molar-refractivity contribution in [2.45, 2.75) is 31.2 Å². The highest BCUT2D eigenvalue weighted by Crippen LogP contribution is 2.31. The van der Waals surface area contributed by atoms with Crippen LogP contribution >= 0.6 is 0 Å². The van der Waals surface area contributed by atoms with Crippen LogP contribution in [0.4, 0.5) is 5.69 Å². The maximum Gasteiger partial charge on any atom is 0.246 e. The molecule has 1 N–H and O–H groups in total. The fourth-order valence-corrected chi connectivity index (χ4v) is 5.43. The zero-order chi connectivity index (χ0) is 22.7. The quantitative estimate of drug-likeness (QED) is 0.584. The van der Waals surface area contributed by atoms with E-state index in [9.17, 15) is 18.0 Å². The molecule has 0 saturated carbocycles. The van der Waals surface area contributed by atoms with E-state index in [1.807, 2.05) is 0 Å². The Balaban J connectivity index is 1.60. The van der Waals surface area contributed by atoms with E-state index in [1.165, 1.54) is 21.3 Å². The van der Waals surface area contributed by atoms with Crippen LogP contribution in [-0.2, 0) is 21.4 Å². The first kappa shape index (κ1) is 22.0. The lowest BCUT2D eigenvalue weighted by Crippen LogP contribution is -2.28. The predicted octanol–water partition coefficient (Wildman–Crippen LogP) is 2.22. The Morgan fingerprint density at radius 1 is 1.16 bits per heavy atom. The number of para-hydroxylation sites is 1. The predicted molar refractivity (Wildman–Crippen MR) is 120 cm³/mol. The van der Waals surface area contributed by atoms with E-state index in [1.54, 1.807) is 43.3 Å². The van der Waals surface area contributed by atoms with Gasteiger partial charge in [0.25, 0.3) is 0 Å². The molecule has 168 valence electrons. The van der Waals surface area contributed by atoms with Gasteiger partial charge in [-0.15, -0.1) is 0 Å². The minimum Gasteiger partial charge on any atom is -0.492 e. The minimum absolute atomic E-state index is 0.0333. The van der Waals surface area contributed by atoms with Gasteiger partial charge in [0.1, 0.15) is 17.2 Å². The SMILES string of the molecule is CCOc1ccc(NC(=O)Cn2ncc(=O)c3ccccc32)cc1S(=O)(=O)N1CCCC1. The van der Waals surface area contributed by atoms with Crippen LogP contribution in [0.25, 0.3) is 10.9 Å². The number of benzene rings is 2. The molecule has 0 unspecified atom stereocenters. The number of carbonyl (C=O) groups is 1. The van der Waals surface area contributed by atoms with Gasteiger partial charge in [-0.25, -0.2) is 8.42 Å². The van der Waals surface area contributed by atoms with Crippen LogP contribution in [0.1, 0.15) is 19.8 Å². The number of hydrogen-bond donors (Lipinski definition) is 1. The van der Waals surface area contributed by atoms with Crippen LogP contribution in [0.3, 0.4) is 0 Å². The van der Waals surface area contributed by atoms with Gasteiger partial charge >= 0.3 is 0 Å². The largest absolute Gasteiger partial charge is 0.492 e. The molecule has 2 aromatic carbocycles. The Morgan fingerprint density at radius 2 is 1.91 bits per heavy atom. The molecule has 10 heteroatoms. The number of ether oxygens (including phenoxy) is 1. The minimum atomic E-state index is -3.74. The second kappa shape index (κ2) is 9.09. The van der Waals surface area contributed by atoms with Crippen molar-refractivity contribution in [3.8, 4) is 5.75 Å². The molecule has 32 heavy (non-hydrogen) atoms. The Morgan fingerprint density at radius 3 is 2.66 bits per heavy atom. The molecule has 0 radical (unpaired) electrons. The summed E-state index contributed by atoms with van der Waals surface area (Å²) >= 11 is 0. The topological polar surface area (TPSA) is 111 Å². The summed E-state index contributed by atoms with van der Waals surface area (Å²) in [6.45, 7) is 2.90. The van der Waals surface area contributed by atoms with Crippen LogP contribution in [0.15, 0.2) is 58.4 Å². The molecule has 1 aliphatic rings. The summed E-state index contributed by atoms with van der Waals surface area (Å²) < 4.78 is 34.7. The highest BCUT2D eigenvalue weighted by atomic mass is 32.2. The fraction of sp³-hybridized carbons (Fsp3) is 0.318. The number of carbonyl (C=O) groups excluding carboxylic acids is 1. The summed E-state index contributed by atoms with van der Waals surface area (Å²) in [5.41, 5.74) is 0.654. The highest BCUT2D eigenvalue weighted by Gasteiger charge is 2.30. The first-order chi connectivity index (χ1) is 15.4. The number of rotatable bonds is 7. The Kier molecular flexibility index (Phi) is 6.24. The molecule has 9 nitrogen and oxygen atoms in total. The zero-order valence-corrected chi connectivity index (χ0v) is 18.5. The summed E-state index contributed by atoms with van der Waals surface area (Å²) in [4.78, 5) is 24.7. The van der Waals surface area contributed by atoms with Crippen molar-refractivity contribution >= 4 is 32.5 Å². The molecule has 1 amide bonds. The third-order valence-corrected chi connectivity index (χ3v) is 7.19. The van der Waals surface area contributed by atoms with Crippen molar-refractivity contribution in [3.63, 3.8) is 0 Å². The van der Waals surface area contributed by atoms with Crippen molar-refractivity contribution in [1.82, 2.24) is 14.1 Å². The highest BCUT2D eigenvalue weighted by molar-refractivity contribution is 7.89. The van der Waals surface area contributed by atoms with Crippen LogP contribution in [0.5, 0.6) is 5.75 Å². The summed E-state index contributed by atoms with van der Waals surface area (Å²) in [6.07, 6.45) is 2.81. The zero-order valence-electron chi connectivity index (χ0n) is 17.7. The number of aromatic nitrogens is 2. The van der Waals surface area contributed by atoms with Crippen molar-refractivity contribution in [3.05, 3.63) is 58.9 Å². The van der Waals surface area contributed by atoms with Gasteiger partial charge in [0.15, 0.2) is 0 Å². The lowest BCUT2D eigenvalue weighted by molar-refractivity contribution is -0.116. The van der Waals surface area contributed by atoms with E-state index in [2.05, 4.69) is 10.4 Å². The number of sulfonamides is 1. The Hall–Kier alpha value is -3.24. The van der Waals surface area contributed by atoms with Gasteiger partial charge in [0, 0.05) is 24.2 Å². The number of amides is 1. The number of hydrogen-bond acceptors (Lipinski definition) is 6. The summed E-state index contributed by atoms with van der Waals surface area (Å²) in [5.74, 6) is -0.148. The molecule has 1 saturated heterocycles. The molecule has 0 aliphatic carbocycles. The summed E-state index contributed by atoms with van der Waals surface area (Å²) in [5, 5.41) is 7.25. The summed E-state index contributed by atoms with van der Waals surface area (Å²) in [6, 6.07) is 11.5. The molecule has 4 rings (SSSR count). The standard InChI is InChI=1S/C22H24N4O5S/c1-2-31-20-10-9-16(13-21(20)32(29,30)25-11-5-6-12-25)24-22(28)15-26-18-8-4-3-7-17(18)19(27)14-23-26/h3-4,7-10,13-14H,2,5-6,11-12,15H2,1H3,(H,24,28). The fourth-order valence-electron chi connectivity index (χ4n) is 3.75. The Bertz CT molecular complexity index is 1310. The average Bonchev–Trinajstić information content (AvgIpc) is 3.33. The molecular weight excluding hydrogens is 432 g/mol. The van der Waals surface area contributed by atoms with Gasteiger partial charge in [0.2, 0.25) is 21.4 Å². The molecule has 2 heterocycles. The first-order valence-corrected chi connectivity index (χ1v) is 11.9. The third kappa shape index (κ3) is 4.37. The van der Waals surface area contributed by atoms with Crippen molar-refractivity contribution < 1.29 is 17.9 Å². The van der Waals surface area contributed by atoms with E-state index in [0.29, 0.717) is 36.3 Å². The van der Waals surface area contributed by atoms with Gasteiger partial charge in [0.05, 0.1) is 18.3 Å². The van der Waals surface area contributed by atoms with E-state index in [0.717, 1.165) is 12.8 Å². The summed E-state index contributed by atoms with van der Waals surface area (Å²) in [7, 11) is -3.74. The number of nitrogens with zero attached hydrogens (tertiary/aromatic N) is 3. The second-order valence-electron chi connectivity index (χ2n) is 7.44. The van der Waals surface area contributed by atoms with E-state index in [4.69, 9.17) is 4.74 Å². The Labute approximate surface area is 185 Å². The monoisotopic (exact) mass is 456 g/mol. The van der Waals surface area contributed by atoms with Crippen molar-refractivity contribution in [1.29, 1.82) is 0 Å². The van der Waals surface area contributed by atoms with E-state index in [-0.39, 0.29) is 22.6 Å². The average molecular weight is 457 g/mol. The van der Waals surface area contributed by atoms with E-state index >= 15 is 0 Å². The lowest BCUT2D eigenvalue weighted by Gasteiger charge is -2.19. The van der Waals surface area contributed by atoms with E-state index < -0.39 is 15.9 Å². The van der Waals surface area contributed by atoms with Crippen LogP contribution in [-0.4, -0.2) is 48.1 Å². The van der Waals surface area contributed by atoms with Gasteiger partial charge < -0.3 is 10.1 Å². The maximum atomic E-state index is 13.1. The van der Waals surface area contributed by atoms with Gasteiger partial charge in [-0.3, -0.25) is 14.3 Å². The molecule has 1 aromatic heterocycles. The van der Waals surface area contributed by atoms with Crippen molar-refractivity contribution in [2.75, 3.05) is 25.0 Å². The number of anilines is 1. The normalized spacial score (nSPS) is 14.5. The number of fused-ring (bicyclic) bond motifs is 1. The molecule has 0 spiro atoms. The van der Waals surface area contributed by atoms with Crippen LogP contribution in [0, 0.1) is 0 Å². The second-order valence-corrected chi connectivity index (χ2v) is 9.34. The van der Waals surface area contributed by atoms with Gasteiger partial charge in [-0.1, -0.05) is 12.1 Å². The lowest BCUT2D eigenvalue weighted by atomic mass is 10.2. The van der Waals surface area contributed by atoms with Crippen LogP contribution in [0.2, 0.25) is 0 Å². The van der Waals surface area contributed by atoms with Gasteiger partial charge in [-0.2, -0.15) is 9.40 Å².